The van der Waals surface area contributed by atoms with Crippen LogP contribution in [0.2, 0.25) is 0 Å². The van der Waals surface area contributed by atoms with Crippen LogP contribution >= 0.6 is 0 Å². The Kier molecular flexibility index (Phi) is 5.29. The maximum atomic E-state index is 14.4. The van der Waals surface area contributed by atoms with E-state index in [9.17, 15) is 22.7 Å². The molecule has 1 N–H and O–H groups in total. The van der Waals surface area contributed by atoms with Crippen molar-refractivity contribution in [1.82, 2.24) is 0 Å². The summed E-state index contributed by atoms with van der Waals surface area (Å²) in [6.07, 6.45) is -0.296. The fraction of sp³-hybridized carbons (Fsp3) is 0.562. The molecule has 0 atom stereocenters. The SMILES string of the molecule is CC(C)CN(C(=O)O)c1ccc(C2CCS(=O)(=O)CC2)c(F)c1. The maximum absolute atomic E-state index is 14.4. The van der Waals surface area contributed by atoms with Gasteiger partial charge in [0, 0.05) is 12.2 Å². The fourth-order valence-corrected chi connectivity index (χ4v) is 4.37. The molecule has 0 unspecified atom stereocenters. The molecule has 0 saturated carbocycles. The van der Waals surface area contributed by atoms with Crippen LogP contribution in [-0.2, 0) is 9.84 Å². The van der Waals surface area contributed by atoms with Gasteiger partial charge in [-0.15, -0.1) is 0 Å². The van der Waals surface area contributed by atoms with Gasteiger partial charge in [-0.3, -0.25) is 4.90 Å². The Hall–Kier alpha value is -1.63. The molecule has 0 bridgehead atoms. The molecule has 1 aliphatic rings. The molecule has 128 valence electrons. The van der Waals surface area contributed by atoms with Gasteiger partial charge in [0.25, 0.3) is 0 Å². The monoisotopic (exact) mass is 343 g/mol. The first kappa shape index (κ1) is 17.7. The van der Waals surface area contributed by atoms with Gasteiger partial charge in [-0.1, -0.05) is 19.9 Å². The molecule has 1 aromatic rings. The van der Waals surface area contributed by atoms with E-state index in [1.807, 2.05) is 13.8 Å². The summed E-state index contributed by atoms with van der Waals surface area (Å²) in [6, 6.07) is 4.41. The van der Waals surface area contributed by atoms with Gasteiger partial charge in [0.05, 0.1) is 11.5 Å². The lowest BCUT2D eigenvalue weighted by molar-refractivity contribution is 0.201. The molecule has 1 amide bonds. The lowest BCUT2D eigenvalue weighted by Gasteiger charge is -2.25. The van der Waals surface area contributed by atoms with Crippen LogP contribution in [0.5, 0.6) is 0 Å². The first-order valence-electron chi connectivity index (χ1n) is 7.70. The van der Waals surface area contributed by atoms with Gasteiger partial charge in [0.1, 0.15) is 15.7 Å². The normalized spacial score (nSPS) is 18.1. The number of hydrogen-bond donors (Lipinski definition) is 1. The quantitative estimate of drug-likeness (QED) is 0.910. The second-order valence-corrected chi connectivity index (χ2v) is 8.72. The summed E-state index contributed by atoms with van der Waals surface area (Å²) in [4.78, 5) is 12.5. The molecule has 0 aromatic heterocycles. The molecule has 7 heteroatoms. The maximum Gasteiger partial charge on any atom is 0.411 e. The van der Waals surface area contributed by atoms with E-state index in [0.29, 0.717) is 24.1 Å². The molecule has 1 heterocycles. The number of benzene rings is 1. The number of carbonyl (C=O) groups is 1. The van der Waals surface area contributed by atoms with Crippen molar-refractivity contribution in [2.24, 2.45) is 5.92 Å². The summed E-state index contributed by atoms with van der Waals surface area (Å²) >= 11 is 0. The molecular weight excluding hydrogens is 321 g/mol. The number of sulfone groups is 1. The van der Waals surface area contributed by atoms with E-state index in [1.54, 1.807) is 12.1 Å². The number of halogens is 1. The molecule has 23 heavy (non-hydrogen) atoms. The molecule has 1 aromatic carbocycles. The van der Waals surface area contributed by atoms with Crippen molar-refractivity contribution in [3.05, 3.63) is 29.6 Å². The van der Waals surface area contributed by atoms with Crippen molar-refractivity contribution in [3.8, 4) is 0 Å². The third-order valence-corrected chi connectivity index (χ3v) is 5.78. The van der Waals surface area contributed by atoms with Gasteiger partial charge in [0.2, 0.25) is 0 Å². The van der Waals surface area contributed by atoms with Gasteiger partial charge < -0.3 is 5.11 Å². The molecule has 1 saturated heterocycles. The minimum Gasteiger partial charge on any atom is -0.465 e. The predicted octanol–water partition coefficient (Wildman–Crippen LogP) is 3.26. The third-order valence-electron chi connectivity index (χ3n) is 4.07. The second-order valence-electron chi connectivity index (χ2n) is 6.42. The molecule has 1 fully saturated rings. The van der Waals surface area contributed by atoms with E-state index >= 15 is 0 Å². The van der Waals surface area contributed by atoms with Gasteiger partial charge >= 0.3 is 6.09 Å². The number of hydrogen-bond acceptors (Lipinski definition) is 3. The average molecular weight is 343 g/mol. The zero-order valence-electron chi connectivity index (χ0n) is 13.3. The highest BCUT2D eigenvalue weighted by Gasteiger charge is 2.27. The van der Waals surface area contributed by atoms with E-state index in [2.05, 4.69) is 0 Å². The van der Waals surface area contributed by atoms with Crippen molar-refractivity contribution in [2.45, 2.75) is 32.6 Å². The first-order valence-corrected chi connectivity index (χ1v) is 9.52. The van der Waals surface area contributed by atoms with Crippen LogP contribution in [0, 0.1) is 11.7 Å². The van der Waals surface area contributed by atoms with Crippen LogP contribution < -0.4 is 4.90 Å². The third kappa shape index (κ3) is 4.43. The summed E-state index contributed by atoms with van der Waals surface area (Å²) in [7, 11) is -2.99. The lowest BCUT2D eigenvalue weighted by Crippen LogP contribution is -2.33. The summed E-state index contributed by atoms with van der Waals surface area (Å²) in [5, 5.41) is 9.28. The van der Waals surface area contributed by atoms with Crippen LogP contribution in [0.25, 0.3) is 0 Å². The van der Waals surface area contributed by atoms with E-state index in [1.165, 1.54) is 6.07 Å². The van der Waals surface area contributed by atoms with Crippen molar-refractivity contribution < 1.29 is 22.7 Å². The predicted molar refractivity (Wildman–Crippen MR) is 87.2 cm³/mol. The summed E-state index contributed by atoms with van der Waals surface area (Å²) in [5.41, 5.74) is 0.773. The van der Waals surface area contributed by atoms with Crippen LogP contribution in [-0.4, -0.2) is 37.7 Å². The molecule has 0 aliphatic carbocycles. The topological polar surface area (TPSA) is 74.7 Å². The standard InChI is InChI=1S/C16H22FNO4S/c1-11(2)10-18(16(19)20)13-3-4-14(15(17)9-13)12-5-7-23(21,22)8-6-12/h3-4,9,11-12H,5-8,10H2,1-2H3,(H,19,20). The highest BCUT2D eigenvalue weighted by molar-refractivity contribution is 7.91. The molecular formula is C16H22FNO4S. The number of carboxylic acid groups (broad SMARTS) is 1. The highest BCUT2D eigenvalue weighted by atomic mass is 32.2. The Labute approximate surface area is 136 Å². The van der Waals surface area contributed by atoms with Crippen LogP contribution in [0.3, 0.4) is 0 Å². The number of amides is 1. The minimum absolute atomic E-state index is 0.0768. The van der Waals surface area contributed by atoms with Gasteiger partial charge in [0.15, 0.2) is 0 Å². The molecule has 0 spiro atoms. The Bertz CT molecular complexity index is 673. The Morgan fingerprint density at radius 1 is 1.35 bits per heavy atom. The molecule has 0 radical (unpaired) electrons. The van der Waals surface area contributed by atoms with Gasteiger partial charge in [-0.25, -0.2) is 17.6 Å². The average Bonchev–Trinajstić information content (AvgIpc) is 2.45. The summed E-state index contributed by atoms with van der Waals surface area (Å²) < 4.78 is 37.4. The smallest absolute Gasteiger partial charge is 0.411 e. The largest absolute Gasteiger partial charge is 0.465 e. The Balaban J connectivity index is 2.22. The van der Waals surface area contributed by atoms with E-state index < -0.39 is 21.7 Å². The van der Waals surface area contributed by atoms with Crippen LogP contribution in [0.15, 0.2) is 18.2 Å². The van der Waals surface area contributed by atoms with Crippen molar-refractivity contribution in [3.63, 3.8) is 0 Å². The highest BCUT2D eigenvalue weighted by Crippen LogP contribution is 2.32. The summed E-state index contributed by atoms with van der Waals surface area (Å²) in [6.45, 7) is 4.07. The summed E-state index contributed by atoms with van der Waals surface area (Å²) in [5.74, 6) is -0.323. The zero-order valence-corrected chi connectivity index (χ0v) is 14.1. The molecule has 2 rings (SSSR count). The van der Waals surface area contributed by atoms with Crippen molar-refractivity contribution >= 4 is 21.6 Å². The van der Waals surface area contributed by atoms with Crippen molar-refractivity contribution in [2.75, 3.05) is 23.0 Å². The minimum atomic E-state index is -2.99. The number of nitrogens with zero attached hydrogens (tertiary/aromatic N) is 1. The van der Waals surface area contributed by atoms with Crippen molar-refractivity contribution in [1.29, 1.82) is 0 Å². The number of rotatable bonds is 4. The zero-order chi connectivity index (χ0) is 17.2. The molecule has 1 aliphatic heterocycles. The van der Waals surface area contributed by atoms with Gasteiger partial charge in [-0.2, -0.15) is 0 Å². The Morgan fingerprint density at radius 3 is 2.43 bits per heavy atom. The van der Waals surface area contributed by atoms with E-state index in [-0.39, 0.29) is 29.9 Å². The second kappa shape index (κ2) is 6.86. The van der Waals surface area contributed by atoms with Crippen LogP contribution in [0.4, 0.5) is 14.9 Å². The first-order chi connectivity index (χ1) is 10.7. The molecule has 5 nitrogen and oxygen atoms in total. The van der Waals surface area contributed by atoms with Gasteiger partial charge in [-0.05, 0) is 42.4 Å². The number of anilines is 1. The van der Waals surface area contributed by atoms with E-state index in [4.69, 9.17) is 0 Å². The lowest BCUT2D eigenvalue weighted by atomic mass is 9.93. The van der Waals surface area contributed by atoms with E-state index in [0.717, 1.165) is 4.90 Å². The fourth-order valence-electron chi connectivity index (χ4n) is 2.88. The van der Waals surface area contributed by atoms with Crippen LogP contribution in [0.1, 0.15) is 38.2 Å². The Morgan fingerprint density at radius 2 is 1.96 bits per heavy atom.